The van der Waals surface area contributed by atoms with Crippen molar-refractivity contribution in [1.82, 2.24) is 19.9 Å². The molecule has 0 saturated carbocycles. The Labute approximate surface area is 149 Å². The van der Waals surface area contributed by atoms with Gasteiger partial charge in [0.25, 0.3) is 6.02 Å². The van der Waals surface area contributed by atoms with Gasteiger partial charge in [0, 0.05) is 26.6 Å². The molecular weight excluding hydrogens is 338 g/mol. The van der Waals surface area contributed by atoms with Gasteiger partial charge in [-0.05, 0) is 25.9 Å². The summed E-state index contributed by atoms with van der Waals surface area (Å²) in [6.45, 7) is 4.13. The van der Waals surface area contributed by atoms with Crippen molar-refractivity contribution < 1.29 is 4.74 Å². The number of aromatic nitrogens is 3. The standard InChI is InChI=1S/C16H21N7OS/c1-22(2)13-17-7-11-12(20-13)25-15(19-11)21-14-18-8-16(24-14)9-23-5-3-10(16)4-6-23/h7,10H,3-6,8-9H2,1-2H3,(H,18,19,21)/t16-/m0/s1. The minimum Gasteiger partial charge on any atom is -0.455 e. The van der Waals surface area contributed by atoms with Gasteiger partial charge in [-0.2, -0.15) is 4.98 Å². The fourth-order valence-electron chi connectivity index (χ4n) is 4.03. The molecule has 9 heteroatoms. The van der Waals surface area contributed by atoms with Crippen molar-refractivity contribution in [1.29, 1.82) is 0 Å². The van der Waals surface area contributed by atoms with Crippen LogP contribution in [0.1, 0.15) is 12.8 Å². The minimum absolute atomic E-state index is 0.132. The van der Waals surface area contributed by atoms with Gasteiger partial charge in [0.05, 0.1) is 12.7 Å². The normalized spacial score (nSPS) is 30.6. The molecule has 0 aliphatic carbocycles. The molecular formula is C16H21N7OS. The zero-order chi connectivity index (χ0) is 17.0. The maximum absolute atomic E-state index is 6.31. The van der Waals surface area contributed by atoms with Crippen LogP contribution in [0.2, 0.25) is 0 Å². The number of nitrogens with one attached hydrogen (secondary N) is 1. The Hall–Kier alpha value is -2.00. The molecule has 6 rings (SSSR count). The second kappa shape index (κ2) is 5.50. The molecule has 8 nitrogen and oxygen atoms in total. The van der Waals surface area contributed by atoms with E-state index in [9.17, 15) is 0 Å². The van der Waals surface area contributed by atoms with E-state index in [-0.39, 0.29) is 5.60 Å². The lowest BCUT2D eigenvalue weighted by Crippen LogP contribution is -2.61. The molecule has 3 saturated heterocycles. The fraction of sp³-hybridized carbons (Fsp3) is 0.625. The van der Waals surface area contributed by atoms with Crippen LogP contribution in [0.5, 0.6) is 0 Å². The third-order valence-corrected chi connectivity index (χ3v) is 6.25. The largest absolute Gasteiger partial charge is 0.455 e. The summed E-state index contributed by atoms with van der Waals surface area (Å²) < 4.78 is 6.31. The number of thiazole rings is 1. The van der Waals surface area contributed by atoms with Crippen molar-refractivity contribution >= 4 is 38.8 Å². The molecule has 1 atom stereocenters. The number of anilines is 2. The summed E-state index contributed by atoms with van der Waals surface area (Å²) in [6, 6.07) is 0.591. The lowest BCUT2D eigenvalue weighted by Gasteiger charge is -2.50. The topological polar surface area (TPSA) is 78.8 Å². The zero-order valence-electron chi connectivity index (χ0n) is 14.4. The third kappa shape index (κ3) is 2.53. The Morgan fingerprint density at radius 1 is 1.32 bits per heavy atom. The number of ether oxygens (including phenoxy) is 1. The van der Waals surface area contributed by atoms with Gasteiger partial charge in [-0.25, -0.2) is 15.0 Å². The van der Waals surface area contributed by atoms with Crippen LogP contribution in [0.15, 0.2) is 11.2 Å². The molecule has 0 radical (unpaired) electrons. The van der Waals surface area contributed by atoms with E-state index < -0.39 is 0 Å². The van der Waals surface area contributed by atoms with Crippen LogP contribution in [0, 0.1) is 5.92 Å². The van der Waals surface area contributed by atoms with Crippen LogP contribution in [0.3, 0.4) is 0 Å². The highest BCUT2D eigenvalue weighted by Gasteiger charge is 2.51. The summed E-state index contributed by atoms with van der Waals surface area (Å²) in [5, 5.41) is 3.99. The monoisotopic (exact) mass is 359 g/mol. The fourth-order valence-corrected chi connectivity index (χ4v) is 4.83. The van der Waals surface area contributed by atoms with E-state index in [1.54, 1.807) is 6.20 Å². The first-order valence-corrected chi connectivity index (χ1v) is 9.47. The van der Waals surface area contributed by atoms with E-state index in [0.29, 0.717) is 17.9 Å². The Kier molecular flexibility index (Phi) is 3.36. The predicted octanol–water partition coefficient (Wildman–Crippen LogP) is 1.41. The first-order valence-electron chi connectivity index (χ1n) is 8.65. The lowest BCUT2D eigenvalue weighted by molar-refractivity contribution is -0.0829. The summed E-state index contributed by atoms with van der Waals surface area (Å²) in [5.41, 5.74) is 0.655. The van der Waals surface area contributed by atoms with Gasteiger partial charge in [-0.15, -0.1) is 0 Å². The molecule has 1 spiro atoms. The quantitative estimate of drug-likeness (QED) is 0.868. The van der Waals surface area contributed by atoms with E-state index in [1.165, 1.54) is 37.3 Å². The second-order valence-corrected chi connectivity index (χ2v) is 8.21. The molecule has 0 amide bonds. The maximum Gasteiger partial charge on any atom is 0.291 e. The maximum atomic E-state index is 6.31. The molecule has 6 heterocycles. The number of piperidine rings is 3. The molecule has 1 N–H and O–H groups in total. The smallest absolute Gasteiger partial charge is 0.291 e. The van der Waals surface area contributed by atoms with Crippen molar-refractivity contribution in [3.8, 4) is 0 Å². The molecule has 4 aliphatic heterocycles. The molecule has 2 bridgehead atoms. The Balaban J connectivity index is 1.33. The van der Waals surface area contributed by atoms with Gasteiger partial charge in [0.15, 0.2) is 9.96 Å². The first kappa shape index (κ1) is 15.3. The summed E-state index contributed by atoms with van der Waals surface area (Å²) in [4.78, 5) is 23.2. The van der Waals surface area contributed by atoms with Crippen molar-refractivity contribution in [2.24, 2.45) is 10.9 Å². The van der Waals surface area contributed by atoms with Crippen LogP contribution in [0.25, 0.3) is 10.3 Å². The van der Waals surface area contributed by atoms with Crippen molar-refractivity contribution in [3.63, 3.8) is 0 Å². The second-order valence-electron chi connectivity index (χ2n) is 7.24. The van der Waals surface area contributed by atoms with Gasteiger partial charge < -0.3 is 9.64 Å². The molecule has 4 aliphatic rings. The number of hydrogen-bond donors (Lipinski definition) is 1. The summed E-state index contributed by atoms with van der Waals surface area (Å²) >= 11 is 1.49. The molecule has 25 heavy (non-hydrogen) atoms. The van der Waals surface area contributed by atoms with E-state index >= 15 is 0 Å². The number of nitrogens with zero attached hydrogens (tertiary/aromatic N) is 6. The minimum atomic E-state index is -0.132. The predicted molar refractivity (Wildman–Crippen MR) is 98.4 cm³/mol. The van der Waals surface area contributed by atoms with Gasteiger partial charge in [0.2, 0.25) is 5.95 Å². The van der Waals surface area contributed by atoms with Crippen LogP contribution in [0.4, 0.5) is 11.1 Å². The van der Waals surface area contributed by atoms with Crippen LogP contribution >= 0.6 is 11.3 Å². The number of amidine groups is 1. The van der Waals surface area contributed by atoms with Gasteiger partial charge >= 0.3 is 0 Å². The average Bonchev–Trinajstić information content (AvgIpc) is 3.19. The summed E-state index contributed by atoms with van der Waals surface area (Å²) in [5.74, 6) is 1.30. The lowest BCUT2D eigenvalue weighted by atomic mass is 9.75. The average molecular weight is 359 g/mol. The van der Waals surface area contributed by atoms with Gasteiger partial charge in [-0.1, -0.05) is 11.3 Å². The number of rotatable bonds is 2. The molecule has 2 aromatic rings. The Morgan fingerprint density at radius 3 is 2.88 bits per heavy atom. The van der Waals surface area contributed by atoms with E-state index in [0.717, 1.165) is 28.6 Å². The molecule has 132 valence electrons. The van der Waals surface area contributed by atoms with Crippen LogP contribution in [-0.4, -0.2) is 71.7 Å². The third-order valence-electron chi connectivity index (χ3n) is 5.37. The number of fused-ring (bicyclic) bond motifs is 3. The number of aliphatic imine (C=N–C) groups is 1. The summed E-state index contributed by atoms with van der Waals surface area (Å²) in [6.07, 6.45) is 4.19. The van der Waals surface area contributed by atoms with Crippen LogP contribution < -0.4 is 10.2 Å². The molecule has 3 fully saturated rings. The zero-order valence-corrected chi connectivity index (χ0v) is 15.2. The first-order chi connectivity index (χ1) is 12.1. The van der Waals surface area contributed by atoms with Crippen molar-refractivity contribution in [2.45, 2.75) is 18.4 Å². The van der Waals surface area contributed by atoms with Crippen molar-refractivity contribution in [3.05, 3.63) is 6.20 Å². The van der Waals surface area contributed by atoms with Crippen molar-refractivity contribution in [2.75, 3.05) is 50.5 Å². The van der Waals surface area contributed by atoms with Gasteiger partial charge in [0.1, 0.15) is 11.1 Å². The van der Waals surface area contributed by atoms with E-state index in [4.69, 9.17) is 4.74 Å². The molecule has 0 aromatic carbocycles. The summed E-state index contributed by atoms with van der Waals surface area (Å²) in [7, 11) is 3.85. The Bertz CT molecular complexity index is 842. The van der Waals surface area contributed by atoms with E-state index in [2.05, 4.69) is 30.2 Å². The van der Waals surface area contributed by atoms with Crippen LogP contribution in [-0.2, 0) is 4.74 Å². The Morgan fingerprint density at radius 2 is 2.16 bits per heavy atom. The molecule has 0 unspecified atom stereocenters. The number of hydrogen-bond acceptors (Lipinski definition) is 9. The highest BCUT2D eigenvalue weighted by molar-refractivity contribution is 7.21. The highest BCUT2D eigenvalue weighted by atomic mass is 32.1. The van der Waals surface area contributed by atoms with E-state index in [1.807, 2.05) is 19.0 Å². The van der Waals surface area contributed by atoms with Gasteiger partial charge in [-0.3, -0.25) is 10.2 Å². The SMILES string of the molecule is CN(C)c1ncc2nc(NC3=NC[C@@]4(CN5CCC4CC5)O3)sc2n1. The highest BCUT2D eigenvalue weighted by Crippen LogP contribution is 2.41. The molecule has 2 aromatic heterocycles.